The van der Waals surface area contributed by atoms with Crippen LogP contribution in [0.5, 0.6) is 0 Å². The van der Waals surface area contributed by atoms with E-state index >= 15 is 0 Å². The first-order valence-corrected chi connectivity index (χ1v) is 12.0. The van der Waals surface area contributed by atoms with Crippen LogP contribution >= 0.6 is 11.6 Å². The lowest BCUT2D eigenvalue weighted by Gasteiger charge is -2.19. The largest absolute Gasteiger partial charge is 0.444 e. The maximum atomic E-state index is 12.4. The fraction of sp³-hybridized carbons (Fsp3) is 0.500. The molecule has 2 amide bonds. The number of hydrogen-bond acceptors (Lipinski definition) is 8. The molecule has 0 unspecified atom stereocenters. The Hall–Kier alpha value is -2.66. The summed E-state index contributed by atoms with van der Waals surface area (Å²) >= 11 is 5.84. The maximum absolute atomic E-state index is 12.4. The third-order valence-corrected chi connectivity index (χ3v) is 5.45. The minimum atomic E-state index is -4.08. The first kappa shape index (κ1) is 25.6. The summed E-state index contributed by atoms with van der Waals surface area (Å²) in [5, 5.41) is 12.2. The highest BCUT2D eigenvalue weighted by Gasteiger charge is 2.26. The van der Waals surface area contributed by atoms with Crippen LogP contribution in [0.4, 0.5) is 10.5 Å². The van der Waals surface area contributed by atoms with E-state index in [1.807, 2.05) is 0 Å². The molecule has 2 rings (SSSR count). The van der Waals surface area contributed by atoms with Crippen LogP contribution < -0.4 is 10.6 Å². The van der Waals surface area contributed by atoms with Gasteiger partial charge in [-0.05, 0) is 51.8 Å². The smallest absolute Gasteiger partial charge is 0.407 e. The molecule has 0 aliphatic rings. The third kappa shape index (κ3) is 9.23. The average Bonchev–Trinajstić information content (AvgIpc) is 3.12. The van der Waals surface area contributed by atoms with Crippen molar-refractivity contribution in [2.75, 3.05) is 17.6 Å². The number of amides is 2. The number of sulfone groups is 1. The van der Waals surface area contributed by atoms with Crippen LogP contribution in [0.2, 0.25) is 5.02 Å². The topological polar surface area (TPSA) is 140 Å². The predicted octanol–water partition coefficient (Wildman–Crippen LogP) is 3.37. The van der Waals surface area contributed by atoms with E-state index in [4.69, 9.17) is 20.8 Å². The highest BCUT2D eigenvalue weighted by Crippen LogP contribution is 2.16. The number of carbonyl (C=O) groups excluding carboxylic acids is 2. The summed E-state index contributed by atoms with van der Waals surface area (Å²) in [4.78, 5) is 23.6. The Morgan fingerprint density at radius 1 is 1.16 bits per heavy atom. The summed E-state index contributed by atoms with van der Waals surface area (Å²) in [6.07, 6.45) is 2.03. The fourth-order valence-electron chi connectivity index (χ4n) is 2.55. The second-order valence-electron chi connectivity index (χ2n) is 8.02. The molecule has 0 saturated heterocycles. The number of aromatic nitrogens is 2. The molecule has 1 aromatic heterocycles. The van der Waals surface area contributed by atoms with E-state index in [1.165, 1.54) is 6.07 Å². The molecule has 10 nitrogen and oxygen atoms in total. The standard InChI is InChI=1S/C20H27ClN4O6S/c1-20(2,3)31-18(27)22-11-6-4-5-10-17-24-25-19(30-17)32(28,29)13-16(26)23-15-9-7-8-14(21)12-15/h7-9,12H,4-6,10-11,13H2,1-3H3,(H,22,27)(H,23,26). The number of carbonyl (C=O) groups is 2. The Labute approximate surface area is 192 Å². The zero-order chi connectivity index (χ0) is 23.8. The SMILES string of the molecule is CC(C)(C)OC(=O)NCCCCCc1nnc(S(=O)(=O)CC(=O)Nc2cccc(Cl)c2)o1. The van der Waals surface area contributed by atoms with Crippen molar-refractivity contribution in [3.63, 3.8) is 0 Å². The van der Waals surface area contributed by atoms with Crippen molar-refractivity contribution in [1.29, 1.82) is 0 Å². The predicted molar refractivity (Wildman–Crippen MR) is 118 cm³/mol. The Bertz CT molecular complexity index is 1030. The zero-order valence-electron chi connectivity index (χ0n) is 18.2. The van der Waals surface area contributed by atoms with Gasteiger partial charge >= 0.3 is 11.3 Å². The van der Waals surface area contributed by atoms with Crippen molar-refractivity contribution in [1.82, 2.24) is 15.5 Å². The summed E-state index contributed by atoms with van der Waals surface area (Å²) in [5.41, 5.74) is -0.166. The minimum absolute atomic E-state index is 0.166. The number of alkyl carbamates (subject to hydrolysis) is 1. The van der Waals surface area contributed by atoms with Gasteiger partial charge in [-0.2, -0.15) is 0 Å². The molecule has 0 radical (unpaired) electrons. The fourth-order valence-corrected chi connectivity index (χ4v) is 3.66. The number of ether oxygens (including phenoxy) is 1. The molecule has 1 heterocycles. The molecular weight excluding hydrogens is 460 g/mol. The molecule has 0 aliphatic carbocycles. The van der Waals surface area contributed by atoms with Gasteiger partial charge in [0, 0.05) is 23.7 Å². The van der Waals surface area contributed by atoms with E-state index in [9.17, 15) is 18.0 Å². The van der Waals surface area contributed by atoms with E-state index in [2.05, 4.69) is 20.8 Å². The van der Waals surface area contributed by atoms with Gasteiger partial charge in [-0.15, -0.1) is 5.10 Å². The van der Waals surface area contributed by atoms with Crippen LogP contribution in [0.1, 0.15) is 45.9 Å². The highest BCUT2D eigenvalue weighted by atomic mass is 35.5. The van der Waals surface area contributed by atoms with Crippen molar-refractivity contribution in [3.05, 3.63) is 35.2 Å². The molecule has 0 spiro atoms. The Morgan fingerprint density at radius 3 is 2.59 bits per heavy atom. The molecular formula is C20H27ClN4O6S. The van der Waals surface area contributed by atoms with Gasteiger partial charge in [-0.1, -0.05) is 29.2 Å². The number of halogens is 1. The van der Waals surface area contributed by atoms with Gasteiger partial charge in [0.1, 0.15) is 11.4 Å². The summed E-state index contributed by atoms with van der Waals surface area (Å²) in [6, 6.07) is 6.35. The zero-order valence-corrected chi connectivity index (χ0v) is 19.8. The second kappa shape index (κ2) is 11.3. The van der Waals surface area contributed by atoms with Crippen molar-refractivity contribution in [2.24, 2.45) is 0 Å². The second-order valence-corrected chi connectivity index (χ2v) is 10.3. The number of aryl methyl sites for hydroxylation is 1. The molecule has 176 valence electrons. The van der Waals surface area contributed by atoms with Gasteiger partial charge < -0.3 is 19.8 Å². The minimum Gasteiger partial charge on any atom is -0.444 e. The number of nitrogens with one attached hydrogen (secondary N) is 2. The van der Waals surface area contributed by atoms with Crippen LogP contribution in [0.25, 0.3) is 0 Å². The molecule has 12 heteroatoms. The van der Waals surface area contributed by atoms with Crippen molar-refractivity contribution in [3.8, 4) is 0 Å². The monoisotopic (exact) mass is 486 g/mol. The molecule has 2 N–H and O–H groups in total. The van der Waals surface area contributed by atoms with E-state index in [0.29, 0.717) is 36.5 Å². The van der Waals surface area contributed by atoms with Gasteiger partial charge in [-0.3, -0.25) is 4.79 Å². The first-order chi connectivity index (χ1) is 14.9. The van der Waals surface area contributed by atoms with Crippen LogP contribution in [-0.4, -0.2) is 48.5 Å². The quantitative estimate of drug-likeness (QED) is 0.487. The maximum Gasteiger partial charge on any atom is 0.407 e. The van der Waals surface area contributed by atoms with E-state index < -0.39 is 38.4 Å². The number of benzene rings is 1. The first-order valence-electron chi connectivity index (χ1n) is 10.0. The molecule has 1 aromatic carbocycles. The van der Waals surface area contributed by atoms with Gasteiger partial charge in [-0.25, -0.2) is 13.2 Å². The summed E-state index contributed by atoms with van der Waals surface area (Å²) < 4.78 is 35.1. The lowest BCUT2D eigenvalue weighted by atomic mass is 10.2. The number of anilines is 1. The molecule has 2 aromatic rings. The Morgan fingerprint density at radius 2 is 1.91 bits per heavy atom. The number of nitrogens with zero attached hydrogens (tertiary/aromatic N) is 2. The van der Waals surface area contributed by atoms with Crippen LogP contribution in [0.15, 0.2) is 33.9 Å². The van der Waals surface area contributed by atoms with Gasteiger partial charge in [0.05, 0.1) is 0 Å². The third-order valence-electron chi connectivity index (χ3n) is 3.88. The molecule has 0 atom stereocenters. The summed E-state index contributed by atoms with van der Waals surface area (Å²) in [5.74, 6) is -1.42. The van der Waals surface area contributed by atoms with Crippen LogP contribution in [0.3, 0.4) is 0 Å². The van der Waals surface area contributed by atoms with Gasteiger partial charge in [0.2, 0.25) is 21.6 Å². The van der Waals surface area contributed by atoms with Crippen LogP contribution in [0, 0.1) is 0 Å². The Kier molecular flexibility index (Phi) is 9.02. The Balaban J connectivity index is 1.74. The molecule has 0 fully saturated rings. The lowest BCUT2D eigenvalue weighted by Crippen LogP contribution is -2.32. The molecule has 32 heavy (non-hydrogen) atoms. The number of hydrogen-bond donors (Lipinski definition) is 2. The molecule has 0 saturated carbocycles. The average molecular weight is 487 g/mol. The van der Waals surface area contributed by atoms with E-state index in [1.54, 1.807) is 39.0 Å². The van der Waals surface area contributed by atoms with Crippen molar-refractivity contribution < 1.29 is 27.2 Å². The van der Waals surface area contributed by atoms with E-state index in [-0.39, 0.29) is 5.89 Å². The lowest BCUT2D eigenvalue weighted by molar-refractivity contribution is -0.113. The van der Waals surface area contributed by atoms with Gasteiger partial charge in [0.15, 0.2) is 0 Å². The van der Waals surface area contributed by atoms with Crippen molar-refractivity contribution in [2.45, 2.75) is 57.3 Å². The van der Waals surface area contributed by atoms with Crippen LogP contribution in [-0.2, 0) is 25.8 Å². The summed E-state index contributed by atoms with van der Waals surface area (Å²) in [7, 11) is -4.08. The normalized spacial score (nSPS) is 11.8. The van der Waals surface area contributed by atoms with Crippen molar-refractivity contribution >= 4 is 39.1 Å². The van der Waals surface area contributed by atoms with Gasteiger partial charge in [0.25, 0.3) is 0 Å². The summed E-state index contributed by atoms with van der Waals surface area (Å²) in [6.45, 7) is 5.82. The number of unbranched alkanes of at least 4 members (excludes halogenated alkanes) is 2. The molecule has 0 aliphatic heterocycles. The van der Waals surface area contributed by atoms with E-state index in [0.717, 1.165) is 6.42 Å². The highest BCUT2D eigenvalue weighted by molar-refractivity contribution is 7.91. The molecule has 0 bridgehead atoms. The number of rotatable bonds is 10.